The number of alkyl carbamates (subject to hydrolysis) is 1. The summed E-state index contributed by atoms with van der Waals surface area (Å²) < 4.78 is 10.3. The summed E-state index contributed by atoms with van der Waals surface area (Å²) in [5.41, 5.74) is 3.88. The van der Waals surface area contributed by atoms with E-state index in [2.05, 4.69) is 25.3 Å². The molecule has 2 atom stereocenters. The number of ether oxygens (including phenoxy) is 2. The molecule has 1 aromatic heterocycles. The molecule has 0 aliphatic rings. The highest BCUT2D eigenvalue weighted by molar-refractivity contribution is 6.32. The number of amides is 2. The first-order chi connectivity index (χ1) is 18.1. The van der Waals surface area contributed by atoms with Crippen molar-refractivity contribution in [2.45, 2.75) is 58.7 Å². The number of nitrogens with zero attached hydrogens (tertiary/aromatic N) is 1. The number of aryl methyl sites for hydroxylation is 1. The number of aromatic nitrogens is 2. The van der Waals surface area contributed by atoms with Crippen LogP contribution in [0.15, 0.2) is 42.5 Å². The minimum Gasteiger partial charge on any atom is -0.489 e. The highest BCUT2D eigenvalue weighted by atomic mass is 35.5. The number of imidazole rings is 1. The Bertz CT molecular complexity index is 1240. The van der Waals surface area contributed by atoms with Gasteiger partial charge in [-0.25, -0.2) is 9.78 Å². The topological polar surface area (TPSA) is 126 Å². The first kappa shape index (κ1) is 29.0. The number of hydrogen-bond donors (Lipinski definition) is 4. The molecule has 3 rings (SSSR count). The van der Waals surface area contributed by atoms with Crippen LogP contribution >= 0.6 is 11.6 Å². The normalized spacial score (nSPS) is 12.6. The second kappa shape index (κ2) is 13.3. The highest BCUT2D eigenvalue weighted by Crippen LogP contribution is 2.27. The molecule has 0 spiro atoms. The zero-order valence-corrected chi connectivity index (χ0v) is 23.1. The van der Waals surface area contributed by atoms with Crippen LogP contribution in [0.4, 0.5) is 4.79 Å². The van der Waals surface area contributed by atoms with E-state index in [9.17, 15) is 14.7 Å². The van der Waals surface area contributed by atoms with Crippen LogP contribution in [0, 0.1) is 6.92 Å². The molecule has 0 aliphatic heterocycles. The number of benzene rings is 2. The van der Waals surface area contributed by atoms with Gasteiger partial charge in [-0.15, -0.1) is 0 Å². The van der Waals surface area contributed by atoms with Crippen molar-refractivity contribution in [2.75, 3.05) is 13.7 Å². The van der Waals surface area contributed by atoms with E-state index in [-0.39, 0.29) is 30.7 Å². The number of methoxy groups -OCH3 is 1. The van der Waals surface area contributed by atoms with Gasteiger partial charge in [0.25, 0.3) is 5.91 Å². The number of nitrogens with one attached hydrogen (secondary N) is 3. The molecule has 4 N–H and O–H groups in total. The summed E-state index contributed by atoms with van der Waals surface area (Å²) in [6, 6.07) is 12.2. The molecule has 0 saturated carbocycles. The lowest BCUT2D eigenvalue weighted by molar-refractivity contribution is 0.0930. The Morgan fingerprint density at radius 3 is 2.42 bits per heavy atom. The van der Waals surface area contributed by atoms with Gasteiger partial charge in [0.05, 0.1) is 30.0 Å². The van der Waals surface area contributed by atoms with Crippen LogP contribution in [0.1, 0.15) is 60.5 Å². The van der Waals surface area contributed by atoms with Crippen LogP contribution in [0.5, 0.6) is 5.75 Å². The van der Waals surface area contributed by atoms with E-state index in [1.165, 1.54) is 7.11 Å². The molecule has 1 unspecified atom stereocenters. The zero-order chi connectivity index (χ0) is 27.8. The minimum atomic E-state index is -0.518. The molecule has 2 aromatic carbocycles. The number of carbonyl (C=O) groups excluding carboxylic acids is 2. The number of aromatic amines is 1. The van der Waals surface area contributed by atoms with Gasteiger partial charge in [0.1, 0.15) is 11.6 Å². The molecule has 9 nitrogen and oxygen atoms in total. The molecular formula is C28H35ClN4O5. The molecule has 204 valence electrons. The summed E-state index contributed by atoms with van der Waals surface area (Å²) in [4.78, 5) is 32.3. The number of H-pyrrole nitrogens is 1. The number of aliphatic hydroxyl groups excluding tert-OH is 1. The molecule has 2 amide bonds. The molecule has 38 heavy (non-hydrogen) atoms. The van der Waals surface area contributed by atoms with Crippen molar-refractivity contribution < 1.29 is 24.2 Å². The van der Waals surface area contributed by atoms with Crippen molar-refractivity contribution in [1.29, 1.82) is 0 Å². The van der Waals surface area contributed by atoms with Crippen LogP contribution in [0.25, 0.3) is 11.4 Å². The Balaban J connectivity index is 1.67. The Morgan fingerprint density at radius 2 is 1.82 bits per heavy atom. The monoisotopic (exact) mass is 542 g/mol. The summed E-state index contributed by atoms with van der Waals surface area (Å²) in [5, 5.41) is 15.7. The van der Waals surface area contributed by atoms with Gasteiger partial charge in [-0.05, 0) is 64.3 Å². The second-order valence-corrected chi connectivity index (χ2v) is 9.76. The van der Waals surface area contributed by atoms with Crippen LogP contribution in [0.2, 0.25) is 5.02 Å². The lowest BCUT2D eigenvalue weighted by atomic mass is 10.0. The van der Waals surface area contributed by atoms with E-state index in [1.807, 2.05) is 52.0 Å². The third-order valence-electron chi connectivity index (χ3n) is 5.93. The minimum absolute atomic E-state index is 0.0292. The SMILES string of the molecule is COC(=O)NC(C)c1nc(-c2ccc(C[C@@H](CCO)NC(=O)c3ccc(OC(C)C)c(Cl)c3)cc2)[nH]c1C. The summed E-state index contributed by atoms with van der Waals surface area (Å²) in [6.07, 6.45) is 0.396. The van der Waals surface area contributed by atoms with Crippen molar-refractivity contribution in [2.24, 2.45) is 0 Å². The van der Waals surface area contributed by atoms with Gasteiger partial charge in [0.15, 0.2) is 0 Å². The Labute approximate surface area is 227 Å². The lowest BCUT2D eigenvalue weighted by Crippen LogP contribution is -2.37. The second-order valence-electron chi connectivity index (χ2n) is 9.35. The maximum absolute atomic E-state index is 12.9. The van der Waals surface area contributed by atoms with Gasteiger partial charge in [-0.2, -0.15) is 0 Å². The van der Waals surface area contributed by atoms with E-state index in [0.29, 0.717) is 35.0 Å². The molecule has 0 bridgehead atoms. The largest absolute Gasteiger partial charge is 0.489 e. The van der Waals surface area contributed by atoms with Gasteiger partial charge in [0.2, 0.25) is 0 Å². The molecule has 10 heteroatoms. The summed E-state index contributed by atoms with van der Waals surface area (Å²) >= 11 is 6.29. The van der Waals surface area contributed by atoms with E-state index in [4.69, 9.17) is 16.3 Å². The van der Waals surface area contributed by atoms with E-state index < -0.39 is 6.09 Å². The van der Waals surface area contributed by atoms with Gasteiger partial charge in [-0.1, -0.05) is 35.9 Å². The lowest BCUT2D eigenvalue weighted by Gasteiger charge is -2.19. The van der Waals surface area contributed by atoms with Crippen LogP contribution in [-0.4, -0.2) is 52.9 Å². The average molecular weight is 543 g/mol. The third kappa shape index (κ3) is 7.72. The number of halogens is 1. The van der Waals surface area contributed by atoms with Crippen LogP contribution in [-0.2, 0) is 11.2 Å². The predicted octanol–water partition coefficient (Wildman–Crippen LogP) is 4.97. The number of aliphatic hydroxyl groups is 1. The Morgan fingerprint density at radius 1 is 1.11 bits per heavy atom. The summed E-state index contributed by atoms with van der Waals surface area (Å²) in [5.74, 6) is 0.939. The summed E-state index contributed by atoms with van der Waals surface area (Å²) in [7, 11) is 1.32. The van der Waals surface area contributed by atoms with Crippen molar-refractivity contribution in [3.05, 3.63) is 70.0 Å². The maximum atomic E-state index is 12.9. The third-order valence-corrected chi connectivity index (χ3v) is 6.23. The fraction of sp³-hybridized carbons (Fsp3) is 0.393. The molecule has 0 saturated heterocycles. The highest BCUT2D eigenvalue weighted by Gasteiger charge is 2.18. The van der Waals surface area contributed by atoms with E-state index in [1.54, 1.807) is 18.2 Å². The van der Waals surface area contributed by atoms with Gasteiger partial charge in [0, 0.05) is 29.5 Å². The average Bonchev–Trinajstić information content (AvgIpc) is 3.27. The molecular weight excluding hydrogens is 508 g/mol. The molecule has 0 fully saturated rings. The Kier molecular flexibility index (Phi) is 10.2. The Hall–Kier alpha value is -3.56. The zero-order valence-electron chi connectivity index (χ0n) is 22.3. The number of carbonyl (C=O) groups is 2. The summed E-state index contributed by atoms with van der Waals surface area (Å²) in [6.45, 7) is 7.49. The quantitative estimate of drug-likeness (QED) is 0.271. The van der Waals surface area contributed by atoms with Crippen molar-refractivity contribution in [3.8, 4) is 17.1 Å². The van der Waals surface area contributed by atoms with Crippen molar-refractivity contribution in [1.82, 2.24) is 20.6 Å². The molecule has 0 aliphatic carbocycles. The van der Waals surface area contributed by atoms with Crippen LogP contribution in [0.3, 0.4) is 0 Å². The van der Waals surface area contributed by atoms with Gasteiger partial charge >= 0.3 is 6.09 Å². The number of hydrogen-bond acceptors (Lipinski definition) is 6. The van der Waals surface area contributed by atoms with E-state index >= 15 is 0 Å². The first-order valence-electron chi connectivity index (χ1n) is 12.5. The fourth-order valence-electron chi connectivity index (χ4n) is 4.06. The molecule has 3 aromatic rings. The van der Waals surface area contributed by atoms with Crippen LogP contribution < -0.4 is 15.4 Å². The number of rotatable bonds is 11. The van der Waals surface area contributed by atoms with Gasteiger partial charge < -0.3 is 30.2 Å². The predicted molar refractivity (Wildman–Crippen MR) is 147 cm³/mol. The van der Waals surface area contributed by atoms with Crippen molar-refractivity contribution in [3.63, 3.8) is 0 Å². The fourth-order valence-corrected chi connectivity index (χ4v) is 4.29. The smallest absolute Gasteiger partial charge is 0.407 e. The molecule has 0 radical (unpaired) electrons. The maximum Gasteiger partial charge on any atom is 0.407 e. The van der Waals surface area contributed by atoms with Gasteiger partial charge in [-0.3, -0.25) is 4.79 Å². The van der Waals surface area contributed by atoms with E-state index in [0.717, 1.165) is 22.5 Å². The standard InChI is InChI=1S/C28H35ClN4O5/c1-16(2)38-24-11-10-21(15-23(24)29)27(35)32-22(12-13-34)14-19-6-8-20(9-7-19)26-30-17(3)25(33-26)18(4)31-28(36)37-5/h6-11,15-16,18,22,34H,12-14H2,1-5H3,(H,30,33)(H,31,36)(H,32,35)/t18?,22-/m1/s1. The first-order valence-corrected chi connectivity index (χ1v) is 12.9. The molecule has 1 heterocycles. The van der Waals surface area contributed by atoms with Crippen molar-refractivity contribution >= 4 is 23.6 Å².